The molecule has 9 heavy (non-hydrogen) atoms. The van der Waals surface area contributed by atoms with Gasteiger partial charge in [0.15, 0.2) is 5.11 Å². The second-order valence-electron chi connectivity index (χ2n) is 1.39. The SMILES string of the molecule is CCOCNC(=S)NC. The minimum atomic E-state index is 0.482. The van der Waals surface area contributed by atoms with Crippen molar-refractivity contribution in [1.82, 2.24) is 10.6 Å². The van der Waals surface area contributed by atoms with Crippen LogP contribution in [0.25, 0.3) is 0 Å². The van der Waals surface area contributed by atoms with E-state index >= 15 is 0 Å². The second-order valence-corrected chi connectivity index (χ2v) is 1.80. The van der Waals surface area contributed by atoms with Gasteiger partial charge in [0.25, 0.3) is 0 Å². The number of hydrogen-bond acceptors (Lipinski definition) is 2. The standard InChI is InChI=1S/C5H12N2OS/c1-3-8-4-7-5(9)6-2/h3-4H2,1-2H3,(H2,6,7,9). The van der Waals surface area contributed by atoms with E-state index in [1.165, 1.54) is 0 Å². The summed E-state index contributed by atoms with van der Waals surface area (Å²) < 4.78 is 4.97. The molecule has 0 aromatic carbocycles. The molecule has 0 saturated carbocycles. The predicted molar refractivity (Wildman–Crippen MR) is 41.3 cm³/mol. The molecule has 0 atom stereocenters. The lowest BCUT2D eigenvalue weighted by molar-refractivity contribution is 0.142. The molecule has 3 nitrogen and oxygen atoms in total. The molecule has 0 radical (unpaired) electrons. The molecule has 0 spiro atoms. The Bertz CT molecular complexity index is 87.0. The summed E-state index contributed by atoms with van der Waals surface area (Å²) in [6, 6.07) is 0. The van der Waals surface area contributed by atoms with Crippen molar-refractivity contribution in [3.05, 3.63) is 0 Å². The maximum absolute atomic E-state index is 4.97. The van der Waals surface area contributed by atoms with Gasteiger partial charge in [-0.2, -0.15) is 0 Å². The van der Waals surface area contributed by atoms with Gasteiger partial charge in [0.2, 0.25) is 0 Å². The Morgan fingerprint density at radius 2 is 2.33 bits per heavy atom. The van der Waals surface area contributed by atoms with Crippen LogP contribution in [-0.4, -0.2) is 25.5 Å². The highest BCUT2D eigenvalue weighted by Gasteiger charge is 1.85. The van der Waals surface area contributed by atoms with Crippen molar-refractivity contribution in [3.8, 4) is 0 Å². The van der Waals surface area contributed by atoms with E-state index in [0.29, 0.717) is 18.5 Å². The fraction of sp³-hybridized carbons (Fsp3) is 0.800. The lowest BCUT2D eigenvalue weighted by atomic mass is 10.9. The van der Waals surface area contributed by atoms with Crippen LogP contribution in [0.2, 0.25) is 0 Å². The van der Waals surface area contributed by atoms with E-state index in [1.54, 1.807) is 7.05 Å². The Hall–Kier alpha value is -0.350. The summed E-state index contributed by atoms with van der Waals surface area (Å²) in [5, 5.41) is 6.21. The third-order valence-corrected chi connectivity index (χ3v) is 1.11. The molecule has 0 aliphatic heterocycles. The molecule has 0 bridgehead atoms. The highest BCUT2D eigenvalue weighted by molar-refractivity contribution is 7.80. The number of nitrogens with one attached hydrogen (secondary N) is 2. The highest BCUT2D eigenvalue weighted by Crippen LogP contribution is 1.67. The Morgan fingerprint density at radius 1 is 1.67 bits per heavy atom. The zero-order valence-electron chi connectivity index (χ0n) is 5.73. The summed E-state index contributed by atoms with van der Waals surface area (Å²) in [6.07, 6.45) is 0. The normalized spacial score (nSPS) is 8.67. The number of ether oxygens (including phenoxy) is 1. The van der Waals surface area contributed by atoms with Crippen molar-refractivity contribution >= 4 is 17.3 Å². The minimum absolute atomic E-state index is 0.482. The predicted octanol–water partition coefficient (Wildman–Crippen LogP) is 0.0743. The van der Waals surface area contributed by atoms with Gasteiger partial charge < -0.3 is 15.4 Å². The van der Waals surface area contributed by atoms with E-state index in [4.69, 9.17) is 17.0 Å². The molecular weight excluding hydrogens is 136 g/mol. The first-order chi connectivity index (χ1) is 4.31. The first kappa shape index (κ1) is 8.65. The Balaban J connectivity index is 2.97. The maximum atomic E-state index is 4.97. The lowest BCUT2D eigenvalue weighted by Crippen LogP contribution is -2.33. The molecule has 0 saturated heterocycles. The Kier molecular flexibility index (Phi) is 5.56. The summed E-state index contributed by atoms with van der Waals surface area (Å²) in [5.74, 6) is 0. The average Bonchev–Trinajstić information content (AvgIpc) is 1.89. The van der Waals surface area contributed by atoms with E-state index in [9.17, 15) is 0 Å². The van der Waals surface area contributed by atoms with Gasteiger partial charge in [-0.25, -0.2) is 0 Å². The van der Waals surface area contributed by atoms with Gasteiger partial charge in [-0.3, -0.25) is 0 Å². The van der Waals surface area contributed by atoms with E-state index in [0.717, 1.165) is 0 Å². The van der Waals surface area contributed by atoms with E-state index in [1.807, 2.05) is 6.92 Å². The molecule has 0 amide bonds. The summed E-state index contributed by atoms with van der Waals surface area (Å²) in [4.78, 5) is 0. The van der Waals surface area contributed by atoms with Crippen molar-refractivity contribution in [2.75, 3.05) is 20.4 Å². The molecule has 0 aliphatic carbocycles. The molecule has 0 heterocycles. The van der Waals surface area contributed by atoms with E-state index in [-0.39, 0.29) is 0 Å². The van der Waals surface area contributed by atoms with Crippen LogP contribution in [0.15, 0.2) is 0 Å². The smallest absolute Gasteiger partial charge is 0.167 e. The first-order valence-corrected chi connectivity index (χ1v) is 3.25. The van der Waals surface area contributed by atoms with Crippen LogP contribution in [0.1, 0.15) is 6.92 Å². The van der Waals surface area contributed by atoms with Gasteiger partial charge in [0.05, 0.1) is 0 Å². The van der Waals surface area contributed by atoms with Gasteiger partial charge in [-0.1, -0.05) is 0 Å². The van der Waals surface area contributed by atoms with Crippen molar-refractivity contribution in [1.29, 1.82) is 0 Å². The molecule has 0 rings (SSSR count). The van der Waals surface area contributed by atoms with Crippen LogP contribution >= 0.6 is 12.2 Å². The van der Waals surface area contributed by atoms with Gasteiger partial charge >= 0.3 is 0 Å². The van der Waals surface area contributed by atoms with Crippen molar-refractivity contribution in [2.45, 2.75) is 6.92 Å². The fourth-order valence-electron chi connectivity index (χ4n) is 0.307. The molecule has 0 aromatic rings. The molecule has 0 aromatic heterocycles. The number of rotatable bonds is 3. The van der Waals surface area contributed by atoms with Crippen LogP contribution in [0, 0.1) is 0 Å². The van der Waals surface area contributed by atoms with Crippen LogP contribution in [0.3, 0.4) is 0 Å². The Morgan fingerprint density at radius 3 is 2.78 bits per heavy atom. The molecule has 0 fully saturated rings. The quantitative estimate of drug-likeness (QED) is 0.337. The summed E-state index contributed by atoms with van der Waals surface area (Å²) in [6.45, 7) is 3.12. The molecular formula is C5H12N2OS. The minimum Gasteiger partial charge on any atom is -0.366 e. The lowest BCUT2D eigenvalue weighted by Gasteiger charge is -2.05. The van der Waals surface area contributed by atoms with Crippen LogP contribution in [0.4, 0.5) is 0 Å². The third kappa shape index (κ3) is 5.52. The van der Waals surface area contributed by atoms with E-state index < -0.39 is 0 Å². The summed E-state index contributed by atoms with van der Waals surface area (Å²) >= 11 is 4.77. The average molecular weight is 148 g/mol. The zero-order chi connectivity index (χ0) is 7.11. The third-order valence-electron chi connectivity index (χ3n) is 0.766. The monoisotopic (exact) mass is 148 g/mol. The first-order valence-electron chi connectivity index (χ1n) is 2.84. The number of hydrogen-bond donors (Lipinski definition) is 2. The fourth-order valence-corrected chi connectivity index (χ4v) is 0.366. The Labute approximate surface area is 60.8 Å². The molecule has 0 aliphatic rings. The van der Waals surface area contributed by atoms with Gasteiger partial charge in [-0.05, 0) is 19.1 Å². The largest absolute Gasteiger partial charge is 0.366 e. The molecule has 0 unspecified atom stereocenters. The van der Waals surface area contributed by atoms with Gasteiger partial charge in [0.1, 0.15) is 6.73 Å². The summed E-state index contributed by atoms with van der Waals surface area (Å²) in [7, 11) is 1.77. The molecule has 4 heteroatoms. The van der Waals surface area contributed by atoms with E-state index in [2.05, 4.69) is 10.6 Å². The van der Waals surface area contributed by atoms with Crippen LogP contribution in [-0.2, 0) is 4.74 Å². The zero-order valence-corrected chi connectivity index (χ0v) is 6.55. The van der Waals surface area contributed by atoms with Gasteiger partial charge in [-0.15, -0.1) is 0 Å². The van der Waals surface area contributed by atoms with Crippen molar-refractivity contribution in [3.63, 3.8) is 0 Å². The molecule has 54 valence electrons. The highest BCUT2D eigenvalue weighted by atomic mass is 32.1. The van der Waals surface area contributed by atoms with Gasteiger partial charge in [0, 0.05) is 13.7 Å². The molecule has 2 N–H and O–H groups in total. The van der Waals surface area contributed by atoms with Crippen LogP contribution < -0.4 is 10.6 Å². The topological polar surface area (TPSA) is 33.3 Å². The number of thiocarbonyl (C=S) groups is 1. The van der Waals surface area contributed by atoms with Crippen molar-refractivity contribution in [2.24, 2.45) is 0 Å². The summed E-state index contributed by atoms with van der Waals surface area (Å²) in [5.41, 5.74) is 0. The van der Waals surface area contributed by atoms with Crippen LogP contribution in [0.5, 0.6) is 0 Å². The van der Waals surface area contributed by atoms with Crippen molar-refractivity contribution < 1.29 is 4.74 Å². The maximum Gasteiger partial charge on any atom is 0.167 e. The second kappa shape index (κ2) is 5.78.